The molecule has 1 rings (SSSR count). The standard InChI is InChI=1S/C17H25N3O/c1-5-11-20(12-6-2)16(13(3)4)17(21)19-15-9-7-14(18)8-10-15/h5-10,13,16H,1-2,11-12,18H2,3-4H3,(H,19,21). The normalized spacial score (nSPS) is 12.2. The van der Waals surface area contributed by atoms with Gasteiger partial charge in [0.15, 0.2) is 0 Å². The molecule has 114 valence electrons. The molecule has 4 nitrogen and oxygen atoms in total. The summed E-state index contributed by atoms with van der Waals surface area (Å²) in [5.41, 5.74) is 7.07. The van der Waals surface area contributed by atoms with Crippen molar-refractivity contribution in [2.24, 2.45) is 5.92 Å². The number of nitrogen functional groups attached to an aromatic ring is 1. The largest absolute Gasteiger partial charge is 0.399 e. The van der Waals surface area contributed by atoms with Gasteiger partial charge in [0.2, 0.25) is 5.91 Å². The molecule has 0 saturated heterocycles. The van der Waals surface area contributed by atoms with E-state index >= 15 is 0 Å². The van der Waals surface area contributed by atoms with E-state index in [1.165, 1.54) is 0 Å². The summed E-state index contributed by atoms with van der Waals surface area (Å²) in [7, 11) is 0. The Morgan fingerprint density at radius 2 is 1.76 bits per heavy atom. The van der Waals surface area contributed by atoms with Crippen LogP contribution in [0.3, 0.4) is 0 Å². The predicted octanol–water partition coefficient (Wildman–Crippen LogP) is 2.91. The Labute approximate surface area is 127 Å². The van der Waals surface area contributed by atoms with Crippen LogP contribution in [0, 0.1) is 5.92 Å². The van der Waals surface area contributed by atoms with E-state index in [2.05, 4.69) is 23.4 Å². The van der Waals surface area contributed by atoms with Crippen molar-refractivity contribution in [3.05, 3.63) is 49.6 Å². The van der Waals surface area contributed by atoms with Crippen LogP contribution >= 0.6 is 0 Å². The Kier molecular flexibility index (Phi) is 6.69. The quantitative estimate of drug-likeness (QED) is 0.571. The Bertz CT molecular complexity index is 469. The summed E-state index contributed by atoms with van der Waals surface area (Å²) < 4.78 is 0. The van der Waals surface area contributed by atoms with Crippen molar-refractivity contribution in [3.63, 3.8) is 0 Å². The van der Waals surface area contributed by atoms with E-state index in [1.54, 1.807) is 36.4 Å². The fourth-order valence-electron chi connectivity index (χ4n) is 2.31. The third-order valence-corrected chi connectivity index (χ3v) is 3.20. The summed E-state index contributed by atoms with van der Waals surface area (Å²) in [6.45, 7) is 12.9. The number of amides is 1. The van der Waals surface area contributed by atoms with Crippen LogP contribution in [0.1, 0.15) is 13.8 Å². The zero-order chi connectivity index (χ0) is 15.8. The topological polar surface area (TPSA) is 58.4 Å². The third kappa shape index (κ3) is 5.08. The first-order valence-corrected chi connectivity index (χ1v) is 7.11. The average Bonchev–Trinajstić information content (AvgIpc) is 2.41. The lowest BCUT2D eigenvalue weighted by Gasteiger charge is -2.31. The minimum atomic E-state index is -0.237. The first-order chi connectivity index (χ1) is 9.99. The number of carbonyl (C=O) groups excluding carboxylic acids is 1. The lowest BCUT2D eigenvalue weighted by molar-refractivity contribution is -0.122. The number of nitrogens with one attached hydrogen (secondary N) is 1. The molecule has 0 radical (unpaired) electrons. The van der Waals surface area contributed by atoms with E-state index in [-0.39, 0.29) is 17.9 Å². The maximum absolute atomic E-state index is 12.6. The zero-order valence-corrected chi connectivity index (χ0v) is 12.9. The molecule has 0 aliphatic rings. The van der Waals surface area contributed by atoms with Crippen LogP contribution < -0.4 is 11.1 Å². The van der Waals surface area contributed by atoms with E-state index in [0.717, 1.165) is 5.69 Å². The van der Waals surface area contributed by atoms with E-state index in [0.29, 0.717) is 18.8 Å². The Balaban J connectivity index is 2.87. The van der Waals surface area contributed by atoms with E-state index < -0.39 is 0 Å². The smallest absolute Gasteiger partial charge is 0.242 e. The second kappa shape index (κ2) is 8.27. The zero-order valence-electron chi connectivity index (χ0n) is 12.9. The van der Waals surface area contributed by atoms with E-state index in [9.17, 15) is 4.79 Å². The number of benzene rings is 1. The molecule has 4 heteroatoms. The van der Waals surface area contributed by atoms with Crippen LogP contribution in [-0.2, 0) is 4.79 Å². The van der Waals surface area contributed by atoms with Gasteiger partial charge < -0.3 is 11.1 Å². The highest BCUT2D eigenvalue weighted by Crippen LogP contribution is 2.16. The van der Waals surface area contributed by atoms with Crippen molar-refractivity contribution < 1.29 is 4.79 Å². The van der Waals surface area contributed by atoms with Crippen molar-refractivity contribution in [2.75, 3.05) is 24.1 Å². The highest BCUT2D eigenvalue weighted by atomic mass is 16.2. The fraction of sp³-hybridized carbons (Fsp3) is 0.353. The highest BCUT2D eigenvalue weighted by molar-refractivity contribution is 5.95. The van der Waals surface area contributed by atoms with E-state index in [4.69, 9.17) is 5.73 Å². The van der Waals surface area contributed by atoms with Gasteiger partial charge in [-0.25, -0.2) is 0 Å². The number of carbonyl (C=O) groups is 1. The van der Waals surface area contributed by atoms with E-state index in [1.807, 2.05) is 13.8 Å². The fourth-order valence-corrected chi connectivity index (χ4v) is 2.31. The van der Waals surface area contributed by atoms with Gasteiger partial charge in [0.25, 0.3) is 0 Å². The van der Waals surface area contributed by atoms with Gasteiger partial charge in [0.1, 0.15) is 0 Å². The van der Waals surface area contributed by atoms with Crippen LogP contribution in [0.25, 0.3) is 0 Å². The second-order valence-electron chi connectivity index (χ2n) is 5.33. The van der Waals surface area contributed by atoms with Crippen molar-refractivity contribution in [2.45, 2.75) is 19.9 Å². The molecular weight excluding hydrogens is 262 g/mol. The first-order valence-electron chi connectivity index (χ1n) is 7.11. The summed E-state index contributed by atoms with van der Waals surface area (Å²) >= 11 is 0. The van der Waals surface area contributed by atoms with Gasteiger partial charge >= 0.3 is 0 Å². The van der Waals surface area contributed by atoms with Crippen LogP contribution in [0.15, 0.2) is 49.6 Å². The van der Waals surface area contributed by atoms with Crippen LogP contribution in [0.5, 0.6) is 0 Å². The maximum Gasteiger partial charge on any atom is 0.242 e. The van der Waals surface area contributed by atoms with Gasteiger partial charge in [-0.1, -0.05) is 26.0 Å². The molecule has 0 aromatic heterocycles. The molecule has 3 N–H and O–H groups in total. The summed E-state index contributed by atoms with van der Waals surface area (Å²) in [6, 6.07) is 6.90. The van der Waals surface area contributed by atoms with Gasteiger partial charge in [-0.05, 0) is 30.2 Å². The molecule has 1 aromatic rings. The lowest BCUT2D eigenvalue weighted by Crippen LogP contribution is -2.47. The molecule has 0 aliphatic carbocycles. The molecule has 1 amide bonds. The van der Waals surface area contributed by atoms with Crippen molar-refractivity contribution >= 4 is 17.3 Å². The van der Waals surface area contributed by atoms with Gasteiger partial charge in [-0.3, -0.25) is 9.69 Å². The summed E-state index contributed by atoms with van der Waals surface area (Å²) in [5, 5.41) is 2.94. The van der Waals surface area contributed by atoms with Crippen LogP contribution in [-0.4, -0.2) is 29.9 Å². The minimum Gasteiger partial charge on any atom is -0.399 e. The molecule has 0 spiro atoms. The predicted molar refractivity (Wildman–Crippen MR) is 90.1 cm³/mol. The first kappa shape index (κ1) is 17.0. The monoisotopic (exact) mass is 287 g/mol. The van der Waals surface area contributed by atoms with Gasteiger partial charge in [0, 0.05) is 24.5 Å². The maximum atomic E-state index is 12.6. The molecule has 1 atom stereocenters. The van der Waals surface area contributed by atoms with Gasteiger partial charge in [-0.15, -0.1) is 13.2 Å². The number of nitrogens with two attached hydrogens (primary N) is 1. The molecule has 0 aliphatic heterocycles. The molecular formula is C17H25N3O. The second-order valence-corrected chi connectivity index (χ2v) is 5.33. The molecule has 0 fully saturated rings. The van der Waals surface area contributed by atoms with Gasteiger partial charge in [-0.2, -0.15) is 0 Å². The molecule has 0 saturated carbocycles. The number of hydrogen-bond donors (Lipinski definition) is 2. The summed E-state index contributed by atoms with van der Waals surface area (Å²) in [4.78, 5) is 14.6. The van der Waals surface area contributed by atoms with Crippen molar-refractivity contribution in [1.82, 2.24) is 4.90 Å². The minimum absolute atomic E-state index is 0.0292. The number of hydrogen-bond acceptors (Lipinski definition) is 3. The van der Waals surface area contributed by atoms with Crippen molar-refractivity contribution in [1.29, 1.82) is 0 Å². The summed E-state index contributed by atoms with van der Waals surface area (Å²) in [5.74, 6) is 0.150. The Hall–Kier alpha value is -2.07. The highest BCUT2D eigenvalue weighted by Gasteiger charge is 2.27. The van der Waals surface area contributed by atoms with Crippen LogP contribution in [0.4, 0.5) is 11.4 Å². The third-order valence-electron chi connectivity index (χ3n) is 3.20. The van der Waals surface area contributed by atoms with Crippen molar-refractivity contribution in [3.8, 4) is 0 Å². The SMILES string of the molecule is C=CCN(CC=C)C(C(=O)Nc1ccc(N)cc1)C(C)C. The summed E-state index contributed by atoms with van der Waals surface area (Å²) in [6.07, 6.45) is 3.60. The lowest BCUT2D eigenvalue weighted by atomic mass is 10.0. The Morgan fingerprint density at radius 1 is 1.24 bits per heavy atom. The number of nitrogens with zero attached hydrogens (tertiary/aromatic N) is 1. The Morgan fingerprint density at radius 3 is 2.19 bits per heavy atom. The molecule has 21 heavy (non-hydrogen) atoms. The van der Waals surface area contributed by atoms with Crippen LogP contribution in [0.2, 0.25) is 0 Å². The molecule has 0 heterocycles. The molecule has 1 unspecified atom stereocenters. The molecule has 0 bridgehead atoms. The molecule has 1 aromatic carbocycles. The number of anilines is 2. The number of rotatable bonds is 8. The average molecular weight is 287 g/mol. The van der Waals surface area contributed by atoms with Gasteiger partial charge in [0.05, 0.1) is 6.04 Å².